The van der Waals surface area contributed by atoms with Gasteiger partial charge in [0.15, 0.2) is 0 Å². The Hall–Kier alpha value is -0.530. The maximum absolute atomic E-state index is 11.9. The first kappa shape index (κ1) is 19.8. The third-order valence-corrected chi connectivity index (χ3v) is 6.28. The molecule has 24 heavy (non-hydrogen) atoms. The standard InChI is InChI=1S/C22H40O2/c1-2-3-5-10-19-15-17-20(18-16-19)11-8-9-14-22(23)24-21-12-6-4-7-13-21/h19-21H,2-18H2,1H3. The van der Waals surface area contributed by atoms with E-state index in [0.29, 0.717) is 6.42 Å². The molecule has 0 aliphatic heterocycles. The molecule has 0 aromatic rings. The van der Waals surface area contributed by atoms with Gasteiger partial charge >= 0.3 is 5.97 Å². The molecule has 2 nitrogen and oxygen atoms in total. The smallest absolute Gasteiger partial charge is 0.306 e. The van der Waals surface area contributed by atoms with E-state index in [9.17, 15) is 4.79 Å². The fraction of sp³-hybridized carbons (Fsp3) is 0.955. The van der Waals surface area contributed by atoms with Crippen molar-refractivity contribution < 1.29 is 9.53 Å². The van der Waals surface area contributed by atoms with Gasteiger partial charge in [-0.1, -0.05) is 77.6 Å². The number of unbranched alkanes of at least 4 members (excludes halogenated alkanes) is 3. The molecule has 0 aromatic heterocycles. The van der Waals surface area contributed by atoms with Gasteiger partial charge in [-0.25, -0.2) is 0 Å². The lowest BCUT2D eigenvalue weighted by molar-refractivity contribution is -0.150. The lowest BCUT2D eigenvalue weighted by Gasteiger charge is -2.28. The lowest BCUT2D eigenvalue weighted by atomic mass is 9.78. The molecule has 2 aliphatic rings. The number of hydrogen-bond acceptors (Lipinski definition) is 2. The molecule has 0 aromatic carbocycles. The lowest BCUT2D eigenvalue weighted by Crippen LogP contribution is -2.20. The van der Waals surface area contributed by atoms with Crippen molar-refractivity contribution in [3.8, 4) is 0 Å². The largest absolute Gasteiger partial charge is 0.462 e. The first-order valence-electron chi connectivity index (χ1n) is 11.0. The van der Waals surface area contributed by atoms with Gasteiger partial charge < -0.3 is 4.74 Å². The Balaban J connectivity index is 1.45. The van der Waals surface area contributed by atoms with Crippen molar-refractivity contribution in [2.45, 2.75) is 122 Å². The molecule has 140 valence electrons. The summed E-state index contributed by atoms with van der Waals surface area (Å²) in [5, 5.41) is 0. The normalized spacial score (nSPS) is 25.5. The van der Waals surface area contributed by atoms with Crippen LogP contribution < -0.4 is 0 Å². The monoisotopic (exact) mass is 336 g/mol. The third-order valence-electron chi connectivity index (χ3n) is 6.28. The maximum atomic E-state index is 11.9. The summed E-state index contributed by atoms with van der Waals surface area (Å²) in [7, 11) is 0. The van der Waals surface area contributed by atoms with Gasteiger partial charge in [0, 0.05) is 6.42 Å². The van der Waals surface area contributed by atoms with E-state index in [4.69, 9.17) is 4.74 Å². The average molecular weight is 337 g/mol. The molecule has 2 saturated carbocycles. The van der Waals surface area contributed by atoms with Gasteiger partial charge in [0.25, 0.3) is 0 Å². The van der Waals surface area contributed by atoms with Gasteiger partial charge in [0.05, 0.1) is 0 Å². The quantitative estimate of drug-likeness (QED) is 0.323. The summed E-state index contributed by atoms with van der Waals surface area (Å²) in [6.07, 6.45) is 21.9. The molecule has 2 aliphatic carbocycles. The van der Waals surface area contributed by atoms with Gasteiger partial charge in [-0.05, 0) is 43.9 Å². The molecule has 0 heterocycles. The van der Waals surface area contributed by atoms with E-state index in [-0.39, 0.29) is 12.1 Å². The Labute approximate surface area is 150 Å². The van der Waals surface area contributed by atoms with Crippen LogP contribution in [0.4, 0.5) is 0 Å². The van der Waals surface area contributed by atoms with Crippen LogP contribution >= 0.6 is 0 Å². The molecular weight excluding hydrogens is 296 g/mol. The van der Waals surface area contributed by atoms with Crippen LogP contribution in [0.2, 0.25) is 0 Å². The van der Waals surface area contributed by atoms with Crippen molar-refractivity contribution in [3.63, 3.8) is 0 Å². The SMILES string of the molecule is CCCCCC1CCC(CCCCC(=O)OC2CCCCC2)CC1. The summed E-state index contributed by atoms with van der Waals surface area (Å²) in [6, 6.07) is 0. The highest BCUT2D eigenvalue weighted by molar-refractivity contribution is 5.69. The summed E-state index contributed by atoms with van der Waals surface area (Å²) < 4.78 is 5.61. The summed E-state index contributed by atoms with van der Waals surface area (Å²) >= 11 is 0. The number of ether oxygens (including phenoxy) is 1. The Bertz CT molecular complexity index is 325. The molecule has 0 bridgehead atoms. The van der Waals surface area contributed by atoms with Crippen LogP contribution in [0.15, 0.2) is 0 Å². The number of rotatable bonds is 10. The van der Waals surface area contributed by atoms with E-state index < -0.39 is 0 Å². The third kappa shape index (κ3) is 8.03. The van der Waals surface area contributed by atoms with E-state index in [2.05, 4.69) is 6.92 Å². The van der Waals surface area contributed by atoms with Crippen LogP contribution in [0.3, 0.4) is 0 Å². The minimum absolute atomic E-state index is 0.0570. The molecule has 0 N–H and O–H groups in total. The van der Waals surface area contributed by atoms with Crippen molar-refractivity contribution in [1.82, 2.24) is 0 Å². The Morgan fingerprint density at radius 1 is 0.792 bits per heavy atom. The molecule has 2 rings (SSSR count). The van der Waals surface area contributed by atoms with Crippen molar-refractivity contribution in [3.05, 3.63) is 0 Å². The number of esters is 1. The summed E-state index contributed by atoms with van der Waals surface area (Å²) in [6.45, 7) is 2.29. The van der Waals surface area contributed by atoms with E-state index in [1.807, 2.05) is 0 Å². The van der Waals surface area contributed by atoms with E-state index in [1.165, 1.54) is 83.5 Å². The molecular formula is C22H40O2. The topological polar surface area (TPSA) is 26.3 Å². The molecule has 0 saturated heterocycles. The number of carbonyl (C=O) groups is 1. The second-order valence-electron chi connectivity index (χ2n) is 8.38. The van der Waals surface area contributed by atoms with Gasteiger partial charge in [0.2, 0.25) is 0 Å². The molecule has 0 unspecified atom stereocenters. The number of hydrogen-bond donors (Lipinski definition) is 0. The first-order chi connectivity index (χ1) is 11.8. The van der Waals surface area contributed by atoms with Crippen LogP contribution in [0.5, 0.6) is 0 Å². The zero-order valence-corrected chi connectivity index (χ0v) is 16.1. The Morgan fingerprint density at radius 3 is 1.96 bits per heavy atom. The summed E-state index contributed by atoms with van der Waals surface area (Å²) in [5.41, 5.74) is 0. The Morgan fingerprint density at radius 2 is 1.38 bits per heavy atom. The van der Waals surface area contributed by atoms with Crippen LogP contribution in [0, 0.1) is 11.8 Å². The Kier molecular flexibility index (Phi) is 9.83. The van der Waals surface area contributed by atoms with E-state index in [1.54, 1.807) is 0 Å². The molecule has 0 amide bonds. The van der Waals surface area contributed by atoms with Crippen LogP contribution in [0.25, 0.3) is 0 Å². The van der Waals surface area contributed by atoms with Crippen molar-refractivity contribution in [1.29, 1.82) is 0 Å². The molecule has 0 atom stereocenters. The van der Waals surface area contributed by atoms with E-state index in [0.717, 1.165) is 31.1 Å². The highest BCUT2D eigenvalue weighted by Crippen LogP contribution is 2.34. The van der Waals surface area contributed by atoms with Crippen LogP contribution in [0.1, 0.15) is 116 Å². The maximum Gasteiger partial charge on any atom is 0.306 e. The predicted octanol–water partition coefficient (Wildman–Crippen LogP) is 6.81. The molecule has 0 radical (unpaired) electrons. The van der Waals surface area contributed by atoms with Crippen molar-refractivity contribution in [2.24, 2.45) is 11.8 Å². The second-order valence-corrected chi connectivity index (χ2v) is 8.38. The fourth-order valence-corrected chi connectivity index (χ4v) is 4.62. The van der Waals surface area contributed by atoms with Crippen LogP contribution in [-0.2, 0) is 9.53 Å². The van der Waals surface area contributed by atoms with Gasteiger partial charge in [-0.3, -0.25) is 4.79 Å². The highest BCUT2D eigenvalue weighted by Gasteiger charge is 2.21. The first-order valence-corrected chi connectivity index (χ1v) is 11.0. The van der Waals surface area contributed by atoms with E-state index >= 15 is 0 Å². The molecule has 2 heteroatoms. The predicted molar refractivity (Wildman–Crippen MR) is 101 cm³/mol. The minimum atomic E-state index is 0.0570. The summed E-state index contributed by atoms with van der Waals surface area (Å²) in [4.78, 5) is 11.9. The fourth-order valence-electron chi connectivity index (χ4n) is 4.62. The van der Waals surface area contributed by atoms with Gasteiger partial charge in [-0.2, -0.15) is 0 Å². The number of carbonyl (C=O) groups excluding carboxylic acids is 1. The van der Waals surface area contributed by atoms with Gasteiger partial charge in [-0.15, -0.1) is 0 Å². The second kappa shape index (κ2) is 11.9. The zero-order chi connectivity index (χ0) is 17.0. The minimum Gasteiger partial charge on any atom is -0.462 e. The average Bonchev–Trinajstić information content (AvgIpc) is 2.61. The van der Waals surface area contributed by atoms with Crippen LogP contribution in [-0.4, -0.2) is 12.1 Å². The molecule has 0 spiro atoms. The highest BCUT2D eigenvalue weighted by atomic mass is 16.5. The summed E-state index contributed by atoms with van der Waals surface area (Å²) in [5.74, 6) is 2.00. The van der Waals surface area contributed by atoms with Crippen molar-refractivity contribution >= 4 is 5.97 Å². The van der Waals surface area contributed by atoms with Crippen molar-refractivity contribution in [2.75, 3.05) is 0 Å². The molecule has 2 fully saturated rings. The van der Waals surface area contributed by atoms with Gasteiger partial charge in [0.1, 0.15) is 6.10 Å². The zero-order valence-electron chi connectivity index (χ0n) is 16.1.